The molecule has 0 saturated carbocycles. The van der Waals surface area contributed by atoms with E-state index in [9.17, 15) is 9.59 Å². The summed E-state index contributed by atoms with van der Waals surface area (Å²) >= 11 is 2.18. The van der Waals surface area contributed by atoms with Gasteiger partial charge in [-0.05, 0) is 41.1 Å². The number of quaternary nitrogens is 1. The lowest BCUT2D eigenvalue weighted by atomic mass is 10.3. The summed E-state index contributed by atoms with van der Waals surface area (Å²) < 4.78 is 0.997. The molecule has 0 radical (unpaired) electrons. The molecule has 110 valence electrons. The summed E-state index contributed by atoms with van der Waals surface area (Å²) in [6, 6.07) is 7.60. The van der Waals surface area contributed by atoms with Crippen LogP contribution in [0.2, 0.25) is 0 Å². The molecule has 1 aromatic carbocycles. The second kappa shape index (κ2) is 8.91. The molecule has 2 amide bonds. The smallest absolute Gasteiger partial charge is 0.279 e. The lowest BCUT2D eigenvalue weighted by Crippen LogP contribution is -3.11. The second-order valence-corrected chi connectivity index (χ2v) is 5.85. The molecule has 0 aliphatic carbocycles. The summed E-state index contributed by atoms with van der Waals surface area (Å²) in [5.41, 5.74) is 0.807. The Kier molecular flexibility index (Phi) is 7.53. The summed E-state index contributed by atoms with van der Waals surface area (Å²) in [5, 5.41) is 5.66. The van der Waals surface area contributed by atoms with Crippen molar-refractivity contribution in [3.63, 3.8) is 0 Å². The molecule has 1 atom stereocenters. The minimum Gasteiger partial charge on any atom is -0.351 e. The highest BCUT2D eigenvalue weighted by atomic mass is 127. The average molecular weight is 390 g/mol. The number of nitrogens with one attached hydrogen (secondary N) is 3. The van der Waals surface area contributed by atoms with Crippen molar-refractivity contribution in [3.8, 4) is 0 Å². The van der Waals surface area contributed by atoms with E-state index in [0.29, 0.717) is 13.1 Å². The van der Waals surface area contributed by atoms with E-state index < -0.39 is 0 Å². The summed E-state index contributed by atoms with van der Waals surface area (Å²) in [7, 11) is 1.83. The molecule has 0 heterocycles. The van der Waals surface area contributed by atoms with Crippen molar-refractivity contribution in [3.05, 3.63) is 27.8 Å². The first-order valence-electron chi connectivity index (χ1n) is 6.65. The van der Waals surface area contributed by atoms with Crippen molar-refractivity contribution in [2.24, 2.45) is 0 Å². The van der Waals surface area contributed by atoms with Crippen LogP contribution in [-0.4, -0.2) is 38.5 Å². The number of likely N-dealkylation sites (N-methyl/N-ethyl adjacent to an activating group) is 1. The fourth-order valence-corrected chi connectivity index (χ4v) is 2.22. The van der Waals surface area contributed by atoms with E-state index in [1.54, 1.807) is 0 Å². The van der Waals surface area contributed by atoms with Gasteiger partial charge in [0.1, 0.15) is 0 Å². The van der Waals surface area contributed by atoms with Gasteiger partial charge in [-0.25, -0.2) is 0 Å². The maximum atomic E-state index is 11.9. The highest BCUT2D eigenvalue weighted by Crippen LogP contribution is 2.16. The van der Waals surface area contributed by atoms with Gasteiger partial charge in [0.2, 0.25) is 0 Å². The Labute approximate surface area is 133 Å². The van der Waals surface area contributed by atoms with Crippen molar-refractivity contribution in [2.75, 3.05) is 32.0 Å². The first-order chi connectivity index (χ1) is 9.52. The van der Waals surface area contributed by atoms with Gasteiger partial charge >= 0.3 is 0 Å². The van der Waals surface area contributed by atoms with E-state index in [1.165, 1.54) is 0 Å². The number of amides is 2. The topological polar surface area (TPSA) is 62.6 Å². The molecular formula is C14H21IN3O2+. The van der Waals surface area contributed by atoms with Crippen LogP contribution in [0.1, 0.15) is 13.3 Å². The van der Waals surface area contributed by atoms with Crippen LogP contribution in [0.15, 0.2) is 24.3 Å². The van der Waals surface area contributed by atoms with E-state index >= 15 is 0 Å². The van der Waals surface area contributed by atoms with Gasteiger partial charge in [-0.2, -0.15) is 0 Å². The van der Waals surface area contributed by atoms with Gasteiger partial charge < -0.3 is 15.5 Å². The monoisotopic (exact) mass is 390 g/mol. The maximum absolute atomic E-state index is 11.9. The molecule has 1 aromatic rings. The molecule has 0 aromatic heterocycles. The second-order valence-electron chi connectivity index (χ2n) is 4.69. The molecule has 1 rings (SSSR count). The number of anilines is 1. The van der Waals surface area contributed by atoms with Crippen molar-refractivity contribution >= 4 is 40.1 Å². The van der Waals surface area contributed by atoms with Crippen molar-refractivity contribution in [1.82, 2.24) is 5.32 Å². The Balaban J connectivity index is 2.38. The predicted molar refractivity (Wildman–Crippen MR) is 87.7 cm³/mol. The van der Waals surface area contributed by atoms with Crippen molar-refractivity contribution < 1.29 is 14.5 Å². The van der Waals surface area contributed by atoms with Crippen LogP contribution in [0, 0.1) is 3.57 Å². The van der Waals surface area contributed by atoms with Gasteiger partial charge in [0.25, 0.3) is 11.8 Å². The number of rotatable bonds is 7. The van der Waals surface area contributed by atoms with E-state index in [4.69, 9.17) is 0 Å². The number of carbonyl (C=O) groups excluding carboxylic acids is 2. The van der Waals surface area contributed by atoms with E-state index in [2.05, 4.69) is 33.2 Å². The van der Waals surface area contributed by atoms with Crippen LogP contribution in [0.25, 0.3) is 0 Å². The molecule has 1 unspecified atom stereocenters. The van der Waals surface area contributed by atoms with Crippen LogP contribution < -0.4 is 15.5 Å². The fourth-order valence-electron chi connectivity index (χ4n) is 1.69. The third-order valence-electron chi connectivity index (χ3n) is 2.64. The molecule has 20 heavy (non-hydrogen) atoms. The first-order valence-corrected chi connectivity index (χ1v) is 7.73. The zero-order valence-corrected chi connectivity index (χ0v) is 14.0. The molecule has 3 N–H and O–H groups in total. The Morgan fingerprint density at radius 2 is 1.85 bits per heavy atom. The average Bonchev–Trinajstić information content (AvgIpc) is 2.38. The number of hydrogen-bond acceptors (Lipinski definition) is 2. The minimum absolute atomic E-state index is 0.0218. The number of halogens is 1. The Hall–Kier alpha value is -1.15. The summed E-state index contributed by atoms with van der Waals surface area (Å²) in [4.78, 5) is 24.3. The molecule has 5 nitrogen and oxygen atoms in total. The van der Waals surface area contributed by atoms with Gasteiger partial charge in [-0.1, -0.05) is 19.1 Å². The summed E-state index contributed by atoms with van der Waals surface area (Å²) in [5.74, 6) is -0.110. The maximum Gasteiger partial charge on any atom is 0.279 e. The van der Waals surface area contributed by atoms with Crippen LogP contribution in [-0.2, 0) is 9.59 Å². The quantitative estimate of drug-likeness (QED) is 0.586. The zero-order chi connectivity index (χ0) is 15.0. The van der Waals surface area contributed by atoms with Gasteiger partial charge in [-0.3, -0.25) is 9.59 Å². The molecule has 6 heteroatoms. The van der Waals surface area contributed by atoms with Gasteiger partial charge in [0, 0.05) is 10.1 Å². The van der Waals surface area contributed by atoms with Crippen molar-refractivity contribution in [2.45, 2.75) is 13.3 Å². The van der Waals surface area contributed by atoms with Crippen molar-refractivity contribution in [1.29, 1.82) is 0 Å². The lowest BCUT2D eigenvalue weighted by molar-refractivity contribution is -0.862. The van der Waals surface area contributed by atoms with Gasteiger partial charge in [0.15, 0.2) is 13.1 Å². The molecule has 0 aliphatic heterocycles. The minimum atomic E-state index is -0.0880. The molecule has 0 aliphatic rings. The SMILES string of the molecule is CCCNC(=O)C[NH+](C)CC(=O)Nc1ccccc1I. The molecular weight excluding hydrogens is 369 g/mol. The predicted octanol–water partition coefficient (Wildman–Crippen LogP) is 0.271. The highest BCUT2D eigenvalue weighted by Gasteiger charge is 2.14. The fraction of sp³-hybridized carbons (Fsp3) is 0.429. The summed E-state index contributed by atoms with van der Waals surface area (Å²) in [6.45, 7) is 3.26. The molecule has 0 saturated heterocycles. The number of benzene rings is 1. The number of hydrogen-bond donors (Lipinski definition) is 3. The largest absolute Gasteiger partial charge is 0.351 e. The Morgan fingerprint density at radius 3 is 2.50 bits per heavy atom. The Morgan fingerprint density at radius 1 is 1.20 bits per heavy atom. The third-order valence-corrected chi connectivity index (χ3v) is 3.59. The normalized spacial score (nSPS) is 11.8. The third kappa shape index (κ3) is 6.33. The zero-order valence-electron chi connectivity index (χ0n) is 11.8. The van der Waals surface area contributed by atoms with Gasteiger partial charge in [0.05, 0.1) is 12.7 Å². The number of carbonyl (C=O) groups is 2. The van der Waals surface area contributed by atoms with E-state index in [1.807, 2.05) is 38.2 Å². The Bertz CT molecular complexity index is 465. The first kappa shape index (κ1) is 16.9. The van der Waals surface area contributed by atoms with Gasteiger partial charge in [-0.15, -0.1) is 0 Å². The lowest BCUT2D eigenvalue weighted by Gasteiger charge is -2.14. The standard InChI is InChI=1S/C14H20IN3O2/c1-3-8-16-13(19)9-18(2)10-14(20)17-12-7-5-4-6-11(12)15/h4-7H,3,8-10H2,1-2H3,(H,16,19)(H,17,20)/p+1. The molecule has 0 spiro atoms. The molecule has 0 fully saturated rings. The van der Waals surface area contributed by atoms with E-state index in [-0.39, 0.29) is 18.4 Å². The van der Waals surface area contributed by atoms with Crippen LogP contribution in [0.3, 0.4) is 0 Å². The van der Waals surface area contributed by atoms with E-state index in [0.717, 1.165) is 20.6 Å². The van der Waals surface area contributed by atoms with Crippen LogP contribution in [0.5, 0.6) is 0 Å². The van der Waals surface area contributed by atoms with Crippen LogP contribution in [0.4, 0.5) is 5.69 Å². The summed E-state index contributed by atoms with van der Waals surface area (Å²) in [6.07, 6.45) is 0.914. The number of para-hydroxylation sites is 1. The molecule has 0 bridgehead atoms. The van der Waals surface area contributed by atoms with Crippen LogP contribution >= 0.6 is 22.6 Å². The highest BCUT2D eigenvalue weighted by molar-refractivity contribution is 14.1.